The molecule has 3 heterocycles. The van der Waals surface area contributed by atoms with Gasteiger partial charge in [0.1, 0.15) is 11.2 Å². The Morgan fingerprint density at radius 3 is 2.26 bits per heavy atom. The molecular weight excluding hydrogens is 496 g/mol. The van der Waals surface area contributed by atoms with Crippen LogP contribution in [-0.4, -0.2) is 58.5 Å². The lowest BCUT2D eigenvalue weighted by Crippen LogP contribution is -2.73. The van der Waals surface area contributed by atoms with Gasteiger partial charge in [0.05, 0.1) is 25.9 Å². The quantitative estimate of drug-likeness (QED) is 0.496. The van der Waals surface area contributed by atoms with Gasteiger partial charge in [-0.1, -0.05) is 30.0 Å². The third kappa shape index (κ3) is 4.20. The van der Waals surface area contributed by atoms with Crippen molar-refractivity contribution in [1.29, 1.82) is 0 Å². The van der Waals surface area contributed by atoms with Gasteiger partial charge < -0.3 is 9.64 Å². The molecule has 4 amide bonds. The molecule has 5 rings (SSSR count). The van der Waals surface area contributed by atoms with Crippen LogP contribution in [0.15, 0.2) is 54.9 Å². The maximum Gasteiger partial charge on any atom is 0.332 e. The third-order valence-corrected chi connectivity index (χ3v) is 6.48. The monoisotopic (exact) mass is 517 g/mol. The largest absolute Gasteiger partial charge is 0.480 e. The van der Waals surface area contributed by atoms with Crippen LogP contribution in [0.1, 0.15) is 24.5 Å². The Hall–Kier alpha value is -4.85. The molecule has 0 aliphatic carbocycles. The van der Waals surface area contributed by atoms with Crippen LogP contribution >= 0.6 is 0 Å². The van der Waals surface area contributed by atoms with Crippen molar-refractivity contribution in [1.82, 2.24) is 14.9 Å². The third-order valence-electron chi connectivity index (χ3n) is 6.48. The summed E-state index contributed by atoms with van der Waals surface area (Å²) in [4.78, 5) is 51.1. The molecule has 0 bridgehead atoms. The van der Waals surface area contributed by atoms with Crippen molar-refractivity contribution in [3.8, 4) is 17.7 Å². The fraction of sp³-hybridized carbons (Fsp3) is 0.222. The van der Waals surface area contributed by atoms with Crippen LogP contribution in [0.3, 0.4) is 0 Å². The molecule has 38 heavy (non-hydrogen) atoms. The van der Waals surface area contributed by atoms with E-state index >= 15 is 8.78 Å². The lowest BCUT2D eigenvalue weighted by Gasteiger charge is -2.51. The number of piperazine rings is 1. The number of methoxy groups -OCH3 is 1. The standard InChI is InChI=1S/C27H21F2N5O4/c1-27-14-23(35)34(24-19(28)12-18(13-20(24)29)9-8-17-6-4-3-5-7-17)26(37)33(27)11-10-32(25(27)36)21-15-31-22(38-2)16-30-21/h3-7,12-13,15-16H,10-11,14H2,1-2H3/t27-/m0/s1. The summed E-state index contributed by atoms with van der Waals surface area (Å²) < 4.78 is 35.3. The smallest absolute Gasteiger partial charge is 0.332 e. The van der Waals surface area contributed by atoms with Crippen molar-refractivity contribution < 1.29 is 27.9 Å². The number of hydrogen-bond donors (Lipinski definition) is 0. The van der Waals surface area contributed by atoms with Crippen LogP contribution in [0.5, 0.6) is 5.88 Å². The Labute approximate surface area is 216 Å². The molecule has 9 nitrogen and oxygen atoms in total. The van der Waals surface area contributed by atoms with Gasteiger partial charge in [0.25, 0.3) is 5.91 Å². The number of fused-ring (bicyclic) bond motifs is 1. The molecule has 0 unspecified atom stereocenters. The zero-order valence-corrected chi connectivity index (χ0v) is 20.4. The molecule has 2 fully saturated rings. The SMILES string of the molecule is COc1cnc(N2CCN3C(=O)N(c4c(F)cc(C#Cc5ccccc5)cc4F)C(=O)C[C@@]3(C)C2=O)cn1. The van der Waals surface area contributed by atoms with Gasteiger partial charge in [-0.25, -0.2) is 28.4 Å². The van der Waals surface area contributed by atoms with E-state index in [1.165, 1.54) is 31.3 Å². The van der Waals surface area contributed by atoms with Crippen LogP contribution in [0.4, 0.5) is 25.1 Å². The molecule has 1 aromatic heterocycles. The summed E-state index contributed by atoms with van der Waals surface area (Å²) in [6.07, 6.45) is 2.21. The molecular formula is C27H21F2N5O4. The van der Waals surface area contributed by atoms with Gasteiger partial charge in [0.2, 0.25) is 11.8 Å². The summed E-state index contributed by atoms with van der Waals surface area (Å²) >= 11 is 0. The minimum absolute atomic E-state index is 0.00242. The molecule has 0 spiro atoms. The first-order chi connectivity index (χ1) is 18.2. The predicted octanol–water partition coefficient (Wildman–Crippen LogP) is 3.13. The summed E-state index contributed by atoms with van der Waals surface area (Å²) in [6.45, 7) is 1.49. The van der Waals surface area contributed by atoms with E-state index in [4.69, 9.17) is 4.74 Å². The number of anilines is 2. The van der Waals surface area contributed by atoms with E-state index in [9.17, 15) is 14.4 Å². The molecule has 0 N–H and O–H groups in total. The summed E-state index contributed by atoms with van der Waals surface area (Å²) in [7, 11) is 1.43. The number of aromatic nitrogens is 2. The van der Waals surface area contributed by atoms with Crippen LogP contribution in [-0.2, 0) is 9.59 Å². The van der Waals surface area contributed by atoms with Gasteiger partial charge >= 0.3 is 6.03 Å². The number of carbonyl (C=O) groups excluding carboxylic acids is 3. The number of imide groups is 1. The normalized spacial score (nSPS) is 19.2. The number of amides is 4. The molecule has 192 valence electrons. The second-order valence-electron chi connectivity index (χ2n) is 8.89. The van der Waals surface area contributed by atoms with E-state index in [0.717, 1.165) is 17.0 Å². The predicted molar refractivity (Wildman–Crippen MR) is 132 cm³/mol. The van der Waals surface area contributed by atoms with Gasteiger partial charge in [-0.15, -0.1) is 0 Å². The molecule has 3 aromatic rings. The molecule has 2 saturated heterocycles. The van der Waals surface area contributed by atoms with Crippen LogP contribution in [0.25, 0.3) is 0 Å². The number of ether oxygens (including phenoxy) is 1. The molecule has 0 saturated carbocycles. The summed E-state index contributed by atoms with van der Waals surface area (Å²) in [5, 5.41) is 0. The first-order valence-corrected chi connectivity index (χ1v) is 11.6. The number of halogens is 2. The van der Waals surface area contributed by atoms with E-state index in [1.54, 1.807) is 24.3 Å². The van der Waals surface area contributed by atoms with E-state index in [1.807, 2.05) is 6.07 Å². The van der Waals surface area contributed by atoms with Crippen LogP contribution in [0.2, 0.25) is 0 Å². The molecule has 2 aliphatic heterocycles. The Balaban J connectivity index is 1.42. The Bertz CT molecular complexity index is 1480. The lowest BCUT2D eigenvalue weighted by molar-refractivity contribution is -0.137. The average Bonchev–Trinajstić information content (AvgIpc) is 2.90. The van der Waals surface area contributed by atoms with Gasteiger partial charge in [-0.2, -0.15) is 0 Å². The Kier molecular flexibility index (Phi) is 6.24. The van der Waals surface area contributed by atoms with Gasteiger partial charge in [-0.05, 0) is 31.2 Å². The molecule has 2 aromatic carbocycles. The number of benzene rings is 2. The maximum atomic E-state index is 15.1. The molecule has 0 radical (unpaired) electrons. The highest BCUT2D eigenvalue weighted by molar-refractivity contribution is 6.20. The first kappa shape index (κ1) is 24.8. The van der Waals surface area contributed by atoms with E-state index < -0.39 is 47.1 Å². The minimum atomic E-state index is -1.57. The maximum absolute atomic E-state index is 15.1. The highest BCUT2D eigenvalue weighted by Crippen LogP contribution is 2.37. The number of rotatable bonds is 3. The fourth-order valence-corrected chi connectivity index (χ4v) is 4.54. The van der Waals surface area contributed by atoms with Gasteiger partial charge in [0.15, 0.2) is 17.5 Å². The van der Waals surface area contributed by atoms with Crippen molar-refractivity contribution >= 4 is 29.4 Å². The second-order valence-corrected chi connectivity index (χ2v) is 8.89. The second kappa shape index (κ2) is 9.55. The highest BCUT2D eigenvalue weighted by atomic mass is 19.1. The van der Waals surface area contributed by atoms with E-state index in [0.29, 0.717) is 10.5 Å². The Morgan fingerprint density at radius 1 is 0.947 bits per heavy atom. The Morgan fingerprint density at radius 2 is 1.63 bits per heavy atom. The van der Waals surface area contributed by atoms with Crippen molar-refractivity contribution in [3.05, 3.63) is 77.6 Å². The van der Waals surface area contributed by atoms with Crippen molar-refractivity contribution in [2.45, 2.75) is 18.9 Å². The van der Waals surface area contributed by atoms with Crippen molar-refractivity contribution in [3.63, 3.8) is 0 Å². The number of urea groups is 1. The van der Waals surface area contributed by atoms with Gasteiger partial charge in [0, 0.05) is 24.2 Å². The first-order valence-electron chi connectivity index (χ1n) is 11.6. The summed E-state index contributed by atoms with van der Waals surface area (Å²) in [5.41, 5.74) is -1.68. The van der Waals surface area contributed by atoms with Crippen molar-refractivity contribution in [2.75, 3.05) is 30.0 Å². The average molecular weight is 517 g/mol. The summed E-state index contributed by atoms with van der Waals surface area (Å²) in [6, 6.07) is 9.82. The number of nitrogens with zero attached hydrogens (tertiary/aromatic N) is 5. The van der Waals surface area contributed by atoms with Crippen molar-refractivity contribution in [2.24, 2.45) is 0 Å². The van der Waals surface area contributed by atoms with Crippen LogP contribution < -0.4 is 14.5 Å². The van der Waals surface area contributed by atoms with Crippen LogP contribution in [0, 0.1) is 23.5 Å². The molecule has 2 aliphatic rings. The fourth-order valence-electron chi connectivity index (χ4n) is 4.54. The lowest BCUT2D eigenvalue weighted by atomic mass is 9.88. The van der Waals surface area contributed by atoms with E-state index in [2.05, 4.69) is 21.8 Å². The molecule has 1 atom stereocenters. The number of carbonyl (C=O) groups is 3. The zero-order chi connectivity index (χ0) is 27.0. The topological polar surface area (TPSA) is 95.9 Å². The van der Waals surface area contributed by atoms with Gasteiger partial charge in [-0.3, -0.25) is 14.5 Å². The highest BCUT2D eigenvalue weighted by Gasteiger charge is 2.56. The minimum Gasteiger partial charge on any atom is -0.480 e. The zero-order valence-electron chi connectivity index (χ0n) is 20.4. The number of hydrogen-bond acceptors (Lipinski definition) is 6. The molecule has 11 heteroatoms. The van der Waals surface area contributed by atoms with E-state index in [-0.39, 0.29) is 30.4 Å². The summed E-state index contributed by atoms with van der Waals surface area (Å²) in [5.74, 6) is 2.26.